The van der Waals surface area contributed by atoms with Gasteiger partial charge in [-0.1, -0.05) is 0 Å². The van der Waals surface area contributed by atoms with Crippen molar-refractivity contribution < 1.29 is 9.90 Å². The summed E-state index contributed by atoms with van der Waals surface area (Å²) in [6, 6.07) is 3.52. The van der Waals surface area contributed by atoms with Crippen LogP contribution in [0.15, 0.2) is 47.9 Å². The zero-order valence-corrected chi connectivity index (χ0v) is 21.0. The first-order valence-corrected chi connectivity index (χ1v) is 12.9. The number of rotatable bonds is 5. The smallest absolute Gasteiger partial charge is 0.280 e. The average Bonchev–Trinajstić information content (AvgIpc) is 3.30. The van der Waals surface area contributed by atoms with Crippen LogP contribution in [-0.2, 0) is 33.0 Å². The van der Waals surface area contributed by atoms with E-state index in [0.717, 1.165) is 36.1 Å². The molecule has 3 N–H and O–H groups in total. The predicted octanol–water partition coefficient (Wildman–Crippen LogP) is 3.08. The molecular formula is C26H25N7O3S. The number of anilines is 3. The van der Waals surface area contributed by atoms with Gasteiger partial charge in [0.25, 0.3) is 11.5 Å². The van der Waals surface area contributed by atoms with Gasteiger partial charge in [0.2, 0.25) is 0 Å². The summed E-state index contributed by atoms with van der Waals surface area (Å²) in [5, 5.41) is 15.2. The Morgan fingerprint density at radius 2 is 2.00 bits per heavy atom. The van der Waals surface area contributed by atoms with E-state index in [1.165, 1.54) is 21.2 Å². The Balaban J connectivity index is 1.40. The van der Waals surface area contributed by atoms with Crippen molar-refractivity contribution in [2.45, 2.75) is 38.8 Å². The Labute approximate surface area is 216 Å². The summed E-state index contributed by atoms with van der Waals surface area (Å²) in [5.41, 5.74) is 7.39. The molecule has 0 fully saturated rings. The topological polar surface area (TPSA) is 125 Å². The molecule has 0 unspecified atom stereocenters. The summed E-state index contributed by atoms with van der Waals surface area (Å²) in [5.74, 6) is 0.779. The number of hydrogen-bond acceptors (Lipinski definition) is 9. The number of aliphatic hydroxyl groups excluding tert-OH is 1. The minimum Gasteiger partial charge on any atom is -0.392 e. The van der Waals surface area contributed by atoms with E-state index in [4.69, 9.17) is 0 Å². The second-order valence-electron chi connectivity index (χ2n) is 9.14. The third kappa shape index (κ3) is 4.15. The number of aliphatic hydroxyl groups is 1. The normalized spacial score (nSPS) is 14.6. The maximum atomic E-state index is 13.1. The van der Waals surface area contributed by atoms with Crippen LogP contribution in [0.5, 0.6) is 0 Å². The Hall–Kier alpha value is -4.09. The fraction of sp³-hybridized carbons (Fsp3) is 0.269. The van der Waals surface area contributed by atoms with Crippen LogP contribution in [0.25, 0.3) is 11.1 Å². The molecule has 1 amide bonds. The van der Waals surface area contributed by atoms with E-state index in [-0.39, 0.29) is 18.1 Å². The molecule has 0 bridgehead atoms. The van der Waals surface area contributed by atoms with Crippen LogP contribution in [0.2, 0.25) is 0 Å². The minimum absolute atomic E-state index is 0.144. The molecule has 11 heteroatoms. The second-order valence-corrected chi connectivity index (χ2v) is 10.2. The highest BCUT2D eigenvalue weighted by Gasteiger charge is 2.32. The lowest BCUT2D eigenvalue weighted by molar-refractivity contribution is 0.0942. The van der Waals surface area contributed by atoms with E-state index in [1.807, 2.05) is 0 Å². The Bertz CT molecular complexity index is 1560. The molecule has 0 spiro atoms. The van der Waals surface area contributed by atoms with Crippen LogP contribution in [0.4, 0.5) is 17.3 Å². The summed E-state index contributed by atoms with van der Waals surface area (Å²) >= 11 is 1.60. The maximum Gasteiger partial charge on any atom is 0.280 e. The van der Waals surface area contributed by atoms with Gasteiger partial charge in [-0.2, -0.15) is 0 Å². The van der Waals surface area contributed by atoms with Crippen molar-refractivity contribution in [3.8, 4) is 11.1 Å². The molecule has 10 nitrogen and oxygen atoms in total. The number of hydrazine groups is 1. The van der Waals surface area contributed by atoms with E-state index in [1.54, 1.807) is 60.3 Å². The summed E-state index contributed by atoms with van der Waals surface area (Å²) in [7, 11) is 1.67. The van der Waals surface area contributed by atoms with Crippen LogP contribution in [0.1, 0.15) is 44.1 Å². The first-order chi connectivity index (χ1) is 18.0. The number of aromatic nitrogens is 4. The summed E-state index contributed by atoms with van der Waals surface area (Å²) in [4.78, 5) is 40.7. The monoisotopic (exact) mass is 515 g/mol. The highest BCUT2D eigenvalue weighted by molar-refractivity contribution is 7.14. The zero-order valence-electron chi connectivity index (χ0n) is 20.2. The number of carbonyl (C=O) groups excluding carboxylic acids is 1. The summed E-state index contributed by atoms with van der Waals surface area (Å²) in [6.45, 7) is 0.193. The van der Waals surface area contributed by atoms with Crippen LogP contribution >= 0.6 is 11.3 Å². The molecule has 4 aromatic heterocycles. The molecule has 0 atom stereocenters. The maximum absolute atomic E-state index is 13.1. The van der Waals surface area contributed by atoms with E-state index < -0.39 is 0 Å². The molecule has 5 heterocycles. The first kappa shape index (κ1) is 23.3. The molecular weight excluding hydrogens is 490 g/mol. The fourth-order valence-electron chi connectivity index (χ4n) is 5.07. The van der Waals surface area contributed by atoms with Crippen molar-refractivity contribution in [1.82, 2.24) is 24.9 Å². The van der Waals surface area contributed by atoms with Gasteiger partial charge in [-0.15, -0.1) is 11.3 Å². The lowest BCUT2D eigenvalue weighted by Gasteiger charge is -2.31. The molecule has 1 aliphatic heterocycles. The van der Waals surface area contributed by atoms with Crippen molar-refractivity contribution >= 4 is 34.6 Å². The number of carbonyl (C=O) groups is 1. The predicted molar refractivity (Wildman–Crippen MR) is 141 cm³/mol. The quantitative estimate of drug-likeness (QED) is 0.370. The van der Waals surface area contributed by atoms with Crippen molar-refractivity contribution in [2.24, 2.45) is 7.05 Å². The molecule has 4 aromatic rings. The number of pyridine rings is 2. The molecule has 0 saturated heterocycles. The second kappa shape index (κ2) is 9.41. The van der Waals surface area contributed by atoms with Gasteiger partial charge in [-0.25, -0.2) is 9.97 Å². The minimum atomic E-state index is -0.296. The van der Waals surface area contributed by atoms with Crippen LogP contribution < -0.4 is 21.3 Å². The third-order valence-electron chi connectivity index (χ3n) is 6.81. The van der Waals surface area contributed by atoms with Crippen molar-refractivity contribution in [3.05, 3.63) is 79.9 Å². The van der Waals surface area contributed by atoms with Gasteiger partial charge in [-0.05, 0) is 48.9 Å². The van der Waals surface area contributed by atoms with Gasteiger partial charge in [-0.3, -0.25) is 25.0 Å². The lowest BCUT2D eigenvalue weighted by atomic mass is 9.94. The largest absolute Gasteiger partial charge is 0.392 e. The number of nitrogens with one attached hydrogen (secondary N) is 2. The Morgan fingerprint density at radius 3 is 2.81 bits per heavy atom. The molecule has 0 aromatic carbocycles. The van der Waals surface area contributed by atoms with Crippen LogP contribution in [0.3, 0.4) is 0 Å². The van der Waals surface area contributed by atoms with E-state index >= 15 is 0 Å². The molecule has 37 heavy (non-hydrogen) atoms. The van der Waals surface area contributed by atoms with E-state index in [0.29, 0.717) is 40.6 Å². The number of aryl methyl sites for hydroxylation is 2. The average molecular weight is 516 g/mol. The van der Waals surface area contributed by atoms with E-state index in [2.05, 4.69) is 25.7 Å². The number of hydrogen-bond donors (Lipinski definition) is 3. The van der Waals surface area contributed by atoms with Gasteiger partial charge in [0.05, 0.1) is 24.2 Å². The Morgan fingerprint density at radius 1 is 1.14 bits per heavy atom. The number of amides is 1. The number of nitrogens with zero attached hydrogens (tertiary/aromatic N) is 5. The van der Waals surface area contributed by atoms with Gasteiger partial charge in [0.15, 0.2) is 5.82 Å². The number of fused-ring (bicyclic) bond motifs is 3. The zero-order chi connectivity index (χ0) is 25.5. The Kier molecular flexibility index (Phi) is 5.93. The fourth-order valence-corrected chi connectivity index (χ4v) is 6.36. The molecule has 1 aliphatic carbocycles. The van der Waals surface area contributed by atoms with E-state index in [9.17, 15) is 14.7 Å². The molecule has 2 aliphatic rings. The van der Waals surface area contributed by atoms with Gasteiger partial charge < -0.3 is 15.0 Å². The molecule has 188 valence electrons. The van der Waals surface area contributed by atoms with Crippen molar-refractivity contribution in [3.63, 3.8) is 0 Å². The molecule has 0 radical (unpaired) electrons. The van der Waals surface area contributed by atoms with Gasteiger partial charge in [0, 0.05) is 53.4 Å². The molecule has 0 saturated carbocycles. The van der Waals surface area contributed by atoms with Crippen molar-refractivity contribution in [2.75, 3.05) is 10.3 Å². The van der Waals surface area contributed by atoms with Gasteiger partial charge in [0.1, 0.15) is 11.5 Å². The highest BCUT2D eigenvalue weighted by Crippen LogP contribution is 2.38. The first-order valence-electron chi connectivity index (χ1n) is 12.1. The van der Waals surface area contributed by atoms with Gasteiger partial charge >= 0.3 is 0 Å². The van der Waals surface area contributed by atoms with Crippen LogP contribution in [0, 0.1) is 0 Å². The standard InChI is InChI=1S/C26H25N7O3S/c1-32-12-15(10-20(26(32)36)30-22-11-27-8-9-28-22)16-6-7-29-24(19(16)14-34)33-13-18-17-4-2-3-5-21(17)37-23(18)25(35)31-33/h6-12,34H,2-5,13-14H2,1H3,(H,28,30)(H,31,35). The number of thiophene rings is 1. The lowest BCUT2D eigenvalue weighted by Crippen LogP contribution is -2.46. The summed E-state index contributed by atoms with van der Waals surface area (Å²) < 4.78 is 1.47. The van der Waals surface area contributed by atoms with Crippen LogP contribution in [-0.4, -0.2) is 30.5 Å². The SMILES string of the molecule is Cn1cc(-c2ccnc(N3Cc4c(sc5c4CCCC5)C(=O)N3)c2CO)cc(Nc2cnccn2)c1=O. The third-order valence-corrected chi connectivity index (χ3v) is 8.14. The molecule has 6 rings (SSSR count). The summed E-state index contributed by atoms with van der Waals surface area (Å²) in [6.07, 6.45) is 12.3. The highest BCUT2D eigenvalue weighted by atomic mass is 32.1. The van der Waals surface area contributed by atoms with Crippen molar-refractivity contribution in [1.29, 1.82) is 0 Å².